The molecule has 3 atom stereocenters. The van der Waals surface area contributed by atoms with Gasteiger partial charge in [0.2, 0.25) is 17.1 Å². The predicted octanol–water partition coefficient (Wildman–Crippen LogP) is 0.207. The number of hydrogen-bond acceptors (Lipinski definition) is 12. The van der Waals surface area contributed by atoms with Crippen molar-refractivity contribution in [3.63, 3.8) is 0 Å². The molecule has 0 aromatic heterocycles. The van der Waals surface area contributed by atoms with Crippen LogP contribution in [-0.2, 0) is 25.6 Å². The van der Waals surface area contributed by atoms with Crippen molar-refractivity contribution in [1.29, 1.82) is 0 Å². The number of carboxylic acid groups (broad SMARTS) is 2. The molecule has 15 nitrogen and oxygen atoms in total. The molecule has 1 amide bonds. The number of carbonyl (C=O) groups excluding carboxylic acids is 2. The number of hydrogen-bond donors (Lipinski definition) is 5. The zero-order valence-corrected chi connectivity index (χ0v) is 25.1. The van der Waals surface area contributed by atoms with Crippen LogP contribution in [0.2, 0.25) is 0 Å². The minimum absolute atomic E-state index is 0.0658. The van der Waals surface area contributed by atoms with E-state index in [4.69, 9.17) is 39.4 Å². The Balaban J connectivity index is 0.000000580. The quantitative estimate of drug-likeness (QED) is 0.177. The van der Waals surface area contributed by atoms with E-state index in [1.165, 1.54) is 34.3 Å². The fourth-order valence-corrected chi connectivity index (χ4v) is 4.44. The van der Waals surface area contributed by atoms with Crippen molar-refractivity contribution in [3.05, 3.63) is 45.6 Å². The Kier molecular flexibility index (Phi) is 12.6. The van der Waals surface area contributed by atoms with Crippen LogP contribution >= 0.6 is 0 Å². The summed E-state index contributed by atoms with van der Waals surface area (Å²) in [5.41, 5.74) is 2.50. The van der Waals surface area contributed by atoms with E-state index < -0.39 is 36.2 Å². The van der Waals surface area contributed by atoms with Crippen LogP contribution in [0.5, 0.6) is 23.0 Å². The molecule has 15 heteroatoms. The van der Waals surface area contributed by atoms with Gasteiger partial charge in [0.25, 0.3) is 0 Å². The Hall–Kier alpha value is -4.73. The summed E-state index contributed by atoms with van der Waals surface area (Å²) in [6, 6.07) is 6.21. The molecule has 0 spiro atoms. The summed E-state index contributed by atoms with van der Waals surface area (Å²) in [7, 11) is 7.92. The number of rotatable bonds is 10. The van der Waals surface area contributed by atoms with E-state index >= 15 is 0 Å². The van der Waals surface area contributed by atoms with Crippen LogP contribution in [0.1, 0.15) is 30.5 Å². The number of aliphatic carboxylic acids is 2. The van der Waals surface area contributed by atoms with Crippen LogP contribution in [0.4, 0.5) is 0 Å². The average Bonchev–Trinajstić information content (AvgIpc) is 3.19. The maximum atomic E-state index is 12.8. The third-order valence-corrected chi connectivity index (χ3v) is 6.36. The molecule has 0 saturated heterocycles. The number of likely N-dealkylation sites (N-methyl/N-ethyl adjacent to an activating group) is 1. The SMILES string of the molecule is COc1cc2c(c(OC)c1OC(=O)CN(C)C)-c1ccc(OC)c(=O)cc1[C@@H](NC(C)=O)CC2.O=C(O)C(O)C(O)C(=O)O. The van der Waals surface area contributed by atoms with Crippen molar-refractivity contribution in [3.8, 4) is 34.1 Å². The number of carboxylic acids is 2. The first-order chi connectivity index (χ1) is 20.7. The number of fused-ring (bicyclic) bond motifs is 3. The second kappa shape index (κ2) is 15.7. The first kappa shape index (κ1) is 35.5. The molecule has 2 aromatic rings. The van der Waals surface area contributed by atoms with E-state index in [0.717, 1.165) is 5.56 Å². The van der Waals surface area contributed by atoms with Gasteiger partial charge in [-0.2, -0.15) is 0 Å². The number of carbonyl (C=O) groups is 4. The van der Waals surface area contributed by atoms with Crippen LogP contribution in [0, 0.1) is 0 Å². The second-order valence-electron chi connectivity index (χ2n) is 9.82. The Morgan fingerprint density at radius 2 is 1.52 bits per heavy atom. The average molecular weight is 621 g/mol. The zero-order valence-electron chi connectivity index (χ0n) is 25.1. The van der Waals surface area contributed by atoms with Crippen LogP contribution < -0.4 is 29.7 Å². The van der Waals surface area contributed by atoms with E-state index in [1.807, 2.05) is 0 Å². The van der Waals surface area contributed by atoms with E-state index in [9.17, 15) is 24.0 Å². The summed E-state index contributed by atoms with van der Waals surface area (Å²) < 4.78 is 22.2. The van der Waals surface area contributed by atoms with E-state index in [-0.39, 0.29) is 29.4 Å². The summed E-state index contributed by atoms with van der Waals surface area (Å²) in [5.74, 6) is -3.25. The molecular weight excluding hydrogens is 584 g/mol. The molecule has 1 aliphatic carbocycles. The molecule has 0 aliphatic heterocycles. The van der Waals surface area contributed by atoms with E-state index in [0.29, 0.717) is 41.0 Å². The number of esters is 1. The maximum Gasteiger partial charge on any atom is 0.335 e. The highest BCUT2D eigenvalue weighted by Gasteiger charge is 2.31. The summed E-state index contributed by atoms with van der Waals surface area (Å²) in [6.07, 6.45) is -3.44. The number of ether oxygens (including phenoxy) is 4. The lowest BCUT2D eigenvalue weighted by molar-refractivity contribution is -0.165. The molecule has 2 aromatic carbocycles. The Morgan fingerprint density at radius 3 is 2.00 bits per heavy atom. The van der Waals surface area contributed by atoms with Crippen molar-refractivity contribution in [1.82, 2.24) is 10.2 Å². The van der Waals surface area contributed by atoms with Gasteiger partial charge in [0.05, 0.1) is 33.9 Å². The van der Waals surface area contributed by atoms with Gasteiger partial charge >= 0.3 is 17.9 Å². The molecule has 1 aliphatic rings. The molecule has 2 unspecified atom stereocenters. The van der Waals surface area contributed by atoms with Crippen molar-refractivity contribution in [2.45, 2.75) is 38.0 Å². The number of amides is 1. The lowest BCUT2D eigenvalue weighted by Gasteiger charge is -2.20. The van der Waals surface area contributed by atoms with Gasteiger partial charge in [0, 0.05) is 12.5 Å². The zero-order chi connectivity index (χ0) is 33.3. The topological polar surface area (TPSA) is 218 Å². The van der Waals surface area contributed by atoms with Crippen LogP contribution in [0.15, 0.2) is 29.1 Å². The van der Waals surface area contributed by atoms with Crippen molar-refractivity contribution in [2.24, 2.45) is 0 Å². The number of methoxy groups -OCH3 is 3. The maximum absolute atomic E-state index is 12.8. The van der Waals surface area contributed by atoms with E-state index in [2.05, 4.69) is 5.32 Å². The van der Waals surface area contributed by atoms with Gasteiger partial charge in [-0.3, -0.25) is 19.3 Å². The van der Waals surface area contributed by atoms with Crippen LogP contribution in [-0.4, -0.2) is 103 Å². The van der Waals surface area contributed by atoms with Gasteiger partial charge in [0.15, 0.2) is 29.5 Å². The molecule has 0 saturated carbocycles. The van der Waals surface area contributed by atoms with Crippen LogP contribution in [0.25, 0.3) is 11.1 Å². The number of nitrogens with zero attached hydrogens (tertiary/aromatic N) is 1. The summed E-state index contributed by atoms with van der Waals surface area (Å²) in [5, 5.41) is 35.5. The number of aliphatic hydroxyl groups is 2. The smallest absolute Gasteiger partial charge is 0.335 e. The number of aliphatic hydroxyl groups excluding tert-OH is 2. The third kappa shape index (κ3) is 8.65. The van der Waals surface area contributed by atoms with Crippen molar-refractivity contribution < 1.29 is 58.6 Å². The van der Waals surface area contributed by atoms with Gasteiger partial charge in [-0.25, -0.2) is 9.59 Å². The first-order valence-corrected chi connectivity index (χ1v) is 13.1. The highest BCUT2D eigenvalue weighted by Crippen LogP contribution is 2.50. The molecule has 3 rings (SSSR count). The molecule has 0 radical (unpaired) electrons. The molecule has 0 fully saturated rings. The normalized spacial score (nSPS) is 14.7. The number of aryl methyl sites for hydroxylation is 1. The Morgan fingerprint density at radius 1 is 0.932 bits per heavy atom. The van der Waals surface area contributed by atoms with Gasteiger partial charge in [-0.05, 0) is 61.8 Å². The standard InChI is InChI=1S/C25H30N2O7.C4H6O6/c1-14(28)26-18-9-7-15-11-21(32-5)24(34-22(30)13-27(2)3)25(33-6)23(15)16-8-10-20(31-4)19(29)12-17(16)18;5-1(3(7)8)2(6)4(9)10/h8,10-12,18H,7,9,13H2,1-6H3,(H,26,28);1-2,5-6H,(H,7,8)(H,9,10)/t18-;/m0./s1. The van der Waals surface area contributed by atoms with Gasteiger partial charge in [-0.1, -0.05) is 6.07 Å². The number of nitrogens with one attached hydrogen (secondary N) is 1. The van der Waals surface area contributed by atoms with Crippen molar-refractivity contribution in [2.75, 3.05) is 42.0 Å². The van der Waals surface area contributed by atoms with Gasteiger partial charge in [0.1, 0.15) is 0 Å². The lowest BCUT2D eigenvalue weighted by Crippen LogP contribution is -2.39. The van der Waals surface area contributed by atoms with Gasteiger partial charge < -0.3 is 44.7 Å². The summed E-state index contributed by atoms with van der Waals surface area (Å²) in [6.45, 7) is 1.50. The Bertz CT molecular complexity index is 1440. The first-order valence-electron chi connectivity index (χ1n) is 13.1. The third-order valence-electron chi connectivity index (χ3n) is 6.36. The highest BCUT2D eigenvalue weighted by molar-refractivity contribution is 5.86. The van der Waals surface area contributed by atoms with Crippen molar-refractivity contribution >= 4 is 23.8 Å². The molecule has 240 valence electrons. The molecular formula is C29H36N2O13. The van der Waals surface area contributed by atoms with E-state index in [1.54, 1.807) is 37.2 Å². The largest absolute Gasteiger partial charge is 0.493 e. The molecule has 44 heavy (non-hydrogen) atoms. The minimum Gasteiger partial charge on any atom is -0.493 e. The summed E-state index contributed by atoms with van der Waals surface area (Å²) >= 11 is 0. The van der Waals surface area contributed by atoms with Crippen LogP contribution in [0.3, 0.4) is 0 Å². The fourth-order valence-electron chi connectivity index (χ4n) is 4.44. The fraction of sp³-hybridized carbons (Fsp3) is 0.414. The monoisotopic (exact) mass is 620 g/mol. The second-order valence-corrected chi connectivity index (χ2v) is 9.82. The minimum atomic E-state index is -2.27. The molecule has 5 N–H and O–H groups in total. The molecule has 0 bridgehead atoms. The summed E-state index contributed by atoms with van der Waals surface area (Å²) in [4.78, 5) is 58.5. The number of benzene rings is 1. The van der Waals surface area contributed by atoms with Gasteiger partial charge in [-0.15, -0.1) is 0 Å². The predicted molar refractivity (Wildman–Crippen MR) is 154 cm³/mol. The Labute approximate surface area is 252 Å². The molecule has 0 heterocycles. The lowest BCUT2D eigenvalue weighted by atomic mass is 9.95. The highest BCUT2D eigenvalue weighted by atomic mass is 16.6.